The molecule has 1 aliphatic carbocycles. The summed E-state index contributed by atoms with van der Waals surface area (Å²) < 4.78 is 52.2. The lowest BCUT2D eigenvalue weighted by Gasteiger charge is -2.28. The molecule has 1 aliphatic rings. The Morgan fingerprint density at radius 2 is 1.16 bits per heavy atom. The number of hydrogen-bond acceptors (Lipinski definition) is 5. The Morgan fingerprint density at radius 3 is 1.84 bits per heavy atom. The minimum atomic E-state index is -0.859. The fourth-order valence-corrected chi connectivity index (χ4v) is 8.20. The number of benzene rings is 4. The van der Waals surface area contributed by atoms with Gasteiger partial charge >= 0.3 is 5.97 Å². The van der Waals surface area contributed by atoms with Crippen molar-refractivity contribution in [3.63, 3.8) is 0 Å². The molecule has 0 atom stereocenters. The molecule has 0 unspecified atom stereocenters. The number of hydrogen-bond donors (Lipinski definition) is 0. The van der Waals surface area contributed by atoms with Crippen molar-refractivity contribution in [1.29, 1.82) is 0 Å². The third-order valence-electron chi connectivity index (χ3n) is 11.9. The van der Waals surface area contributed by atoms with E-state index >= 15 is 0 Å². The molecule has 1 fully saturated rings. The Morgan fingerprint density at radius 1 is 0.607 bits per heavy atom. The van der Waals surface area contributed by atoms with Gasteiger partial charge in [-0.2, -0.15) is 4.39 Å². The molecule has 5 nitrogen and oxygen atoms in total. The van der Waals surface area contributed by atoms with Gasteiger partial charge in [0.1, 0.15) is 11.5 Å². The first-order valence-corrected chi connectivity index (χ1v) is 23.2. The van der Waals surface area contributed by atoms with Crippen LogP contribution in [0.1, 0.15) is 146 Å². The van der Waals surface area contributed by atoms with E-state index in [9.17, 15) is 13.6 Å². The standard InChI is InChI=1S/C54H68F2O5/c1-3-5-10-17-42-20-22-43(23-21-42)18-11-12-19-46-31-35-51(54(56)53(46)55)60-38-15-8-6-13-36-58-49-32-27-44(28-33-49)24-25-45-26-29-48-41-50(34-30-47(48)40-45)59-37-14-7-9-16-39-61-52(57)4-2/h4,26-35,40-43H,2-3,5-23,36-39H2,1H3. The van der Waals surface area contributed by atoms with Crippen LogP contribution < -0.4 is 14.2 Å². The van der Waals surface area contributed by atoms with Crippen molar-refractivity contribution in [2.24, 2.45) is 11.8 Å². The minimum Gasteiger partial charge on any atom is -0.494 e. The number of carbonyl (C=O) groups is 1. The van der Waals surface area contributed by atoms with E-state index in [2.05, 4.69) is 49.6 Å². The number of aryl methyl sites for hydroxylation is 1. The summed E-state index contributed by atoms with van der Waals surface area (Å²) in [4.78, 5) is 11.1. The van der Waals surface area contributed by atoms with Crippen molar-refractivity contribution < 1.29 is 32.5 Å². The molecule has 0 aromatic heterocycles. The first-order chi connectivity index (χ1) is 29.9. The molecule has 0 radical (unpaired) electrons. The smallest absolute Gasteiger partial charge is 0.330 e. The highest BCUT2D eigenvalue weighted by Crippen LogP contribution is 2.35. The van der Waals surface area contributed by atoms with Crippen molar-refractivity contribution in [2.75, 3.05) is 26.4 Å². The van der Waals surface area contributed by atoms with E-state index in [4.69, 9.17) is 18.9 Å². The van der Waals surface area contributed by atoms with Crippen molar-refractivity contribution >= 4 is 16.7 Å². The topological polar surface area (TPSA) is 54.0 Å². The highest BCUT2D eigenvalue weighted by atomic mass is 19.2. The van der Waals surface area contributed by atoms with Crippen molar-refractivity contribution in [2.45, 2.75) is 135 Å². The predicted octanol–water partition coefficient (Wildman–Crippen LogP) is 14.3. The third kappa shape index (κ3) is 17.2. The average molecular weight is 835 g/mol. The summed E-state index contributed by atoms with van der Waals surface area (Å²) in [5, 5.41) is 2.21. The molecule has 0 bridgehead atoms. The Bertz CT molecular complexity index is 1970. The second-order valence-electron chi connectivity index (χ2n) is 16.7. The van der Waals surface area contributed by atoms with Gasteiger partial charge in [0.05, 0.1) is 26.4 Å². The SMILES string of the molecule is C=CC(=O)OCCCCCCOc1ccc2cc(C#Cc3ccc(OCCCCCCOc4ccc(CCCCC5CCC(CCCCC)CC5)c(F)c4F)cc3)ccc2c1. The first kappa shape index (κ1) is 47.2. The maximum absolute atomic E-state index is 14.8. The van der Waals surface area contributed by atoms with Crippen LogP contribution in [0.4, 0.5) is 8.78 Å². The molecule has 0 heterocycles. The number of fused-ring (bicyclic) bond motifs is 1. The van der Waals surface area contributed by atoms with E-state index in [0.29, 0.717) is 38.4 Å². The van der Waals surface area contributed by atoms with Gasteiger partial charge < -0.3 is 18.9 Å². The second kappa shape index (κ2) is 27.2. The van der Waals surface area contributed by atoms with Crippen LogP contribution in [-0.4, -0.2) is 32.4 Å². The van der Waals surface area contributed by atoms with Gasteiger partial charge in [-0.15, -0.1) is 0 Å². The molecule has 1 saturated carbocycles. The summed E-state index contributed by atoms with van der Waals surface area (Å²) in [6, 6.07) is 23.4. The van der Waals surface area contributed by atoms with Crippen LogP contribution in [0, 0.1) is 35.3 Å². The second-order valence-corrected chi connectivity index (χ2v) is 16.7. The molecule has 0 amide bonds. The average Bonchev–Trinajstić information content (AvgIpc) is 3.28. The van der Waals surface area contributed by atoms with E-state index in [1.165, 1.54) is 63.9 Å². The largest absolute Gasteiger partial charge is 0.494 e. The fourth-order valence-electron chi connectivity index (χ4n) is 8.20. The fraction of sp³-hybridized carbons (Fsp3) is 0.500. The summed E-state index contributed by atoms with van der Waals surface area (Å²) in [5.41, 5.74) is 2.31. The molecule has 4 aromatic carbocycles. The summed E-state index contributed by atoms with van der Waals surface area (Å²) >= 11 is 0. The van der Waals surface area contributed by atoms with Crippen LogP contribution in [0.2, 0.25) is 0 Å². The lowest BCUT2D eigenvalue weighted by molar-refractivity contribution is -0.137. The van der Waals surface area contributed by atoms with Crippen molar-refractivity contribution in [1.82, 2.24) is 0 Å². The molecular formula is C54H68F2O5. The van der Waals surface area contributed by atoms with E-state index in [0.717, 1.165) is 109 Å². The van der Waals surface area contributed by atoms with Crippen LogP contribution in [0.25, 0.3) is 10.8 Å². The normalized spacial score (nSPS) is 14.9. The maximum atomic E-state index is 14.8. The Kier molecular flexibility index (Phi) is 21.0. The molecule has 4 aromatic rings. The molecule has 0 saturated heterocycles. The van der Waals surface area contributed by atoms with Gasteiger partial charge in [-0.1, -0.05) is 108 Å². The van der Waals surface area contributed by atoms with Gasteiger partial charge in [-0.3, -0.25) is 0 Å². The van der Waals surface area contributed by atoms with E-state index in [1.807, 2.05) is 36.4 Å². The van der Waals surface area contributed by atoms with Gasteiger partial charge in [0.15, 0.2) is 11.6 Å². The quantitative estimate of drug-likeness (QED) is 0.0259. The molecule has 61 heavy (non-hydrogen) atoms. The number of unbranched alkanes of at least 4 members (excludes halogenated alkanes) is 9. The number of esters is 1. The van der Waals surface area contributed by atoms with Gasteiger partial charge in [0.2, 0.25) is 5.82 Å². The van der Waals surface area contributed by atoms with Crippen molar-refractivity contribution in [3.8, 4) is 29.1 Å². The molecule has 5 rings (SSSR count). The van der Waals surface area contributed by atoms with Gasteiger partial charge in [0.25, 0.3) is 0 Å². The Labute approximate surface area is 364 Å². The first-order valence-electron chi connectivity index (χ1n) is 23.2. The summed E-state index contributed by atoms with van der Waals surface area (Å²) in [5.74, 6) is 7.94. The van der Waals surface area contributed by atoms with Gasteiger partial charge in [-0.25, -0.2) is 9.18 Å². The Balaban J connectivity index is 0.900. The number of carbonyl (C=O) groups excluding carboxylic acids is 1. The van der Waals surface area contributed by atoms with Crippen LogP contribution >= 0.6 is 0 Å². The van der Waals surface area contributed by atoms with E-state index in [-0.39, 0.29) is 11.7 Å². The zero-order valence-corrected chi connectivity index (χ0v) is 36.6. The zero-order valence-electron chi connectivity index (χ0n) is 36.6. The highest BCUT2D eigenvalue weighted by molar-refractivity contribution is 5.85. The molecule has 328 valence electrons. The number of ether oxygens (including phenoxy) is 4. The Hall–Kier alpha value is -4.83. The molecule has 0 spiro atoms. The minimum absolute atomic E-state index is 0.00830. The number of halogens is 2. The van der Waals surface area contributed by atoms with Crippen LogP contribution in [0.3, 0.4) is 0 Å². The van der Waals surface area contributed by atoms with Crippen LogP contribution in [0.5, 0.6) is 17.2 Å². The molecular weight excluding hydrogens is 767 g/mol. The highest BCUT2D eigenvalue weighted by Gasteiger charge is 2.21. The molecule has 0 aliphatic heterocycles. The van der Waals surface area contributed by atoms with Crippen LogP contribution in [0.15, 0.2) is 85.5 Å². The lowest BCUT2D eigenvalue weighted by atomic mass is 9.78. The number of rotatable bonds is 27. The lowest BCUT2D eigenvalue weighted by Crippen LogP contribution is -2.14. The van der Waals surface area contributed by atoms with Crippen LogP contribution in [-0.2, 0) is 16.0 Å². The third-order valence-corrected chi connectivity index (χ3v) is 11.9. The maximum Gasteiger partial charge on any atom is 0.330 e. The predicted molar refractivity (Wildman–Crippen MR) is 244 cm³/mol. The molecule has 0 N–H and O–H groups in total. The summed E-state index contributed by atoms with van der Waals surface area (Å²) in [7, 11) is 0. The van der Waals surface area contributed by atoms with E-state index < -0.39 is 11.6 Å². The monoisotopic (exact) mass is 835 g/mol. The van der Waals surface area contributed by atoms with Crippen molar-refractivity contribution in [3.05, 3.63) is 114 Å². The zero-order chi connectivity index (χ0) is 42.9. The van der Waals surface area contributed by atoms with E-state index in [1.54, 1.807) is 12.1 Å². The summed E-state index contributed by atoms with van der Waals surface area (Å²) in [6.07, 6.45) is 23.1. The summed E-state index contributed by atoms with van der Waals surface area (Å²) in [6.45, 7) is 7.70. The molecule has 7 heteroatoms. The van der Waals surface area contributed by atoms with Gasteiger partial charge in [-0.05, 0) is 147 Å². The van der Waals surface area contributed by atoms with Gasteiger partial charge in [0, 0.05) is 17.2 Å².